The first kappa shape index (κ1) is 15.9. The van der Waals surface area contributed by atoms with Crippen LogP contribution in [0.3, 0.4) is 0 Å². The van der Waals surface area contributed by atoms with Gasteiger partial charge in [0.2, 0.25) is 5.91 Å². The molecule has 1 amide bonds. The van der Waals surface area contributed by atoms with E-state index < -0.39 is 18.1 Å². The summed E-state index contributed by atoms with van der Waals surface area (Å²) in [4.78, 5) is 22.2. The molecule has 100 valence electrons. The Morgan fingerprint density at radius 1 is 1.35 bits per heavy atom. The van der Waals surface area contributed by atoms with Crippen molar-refractivity contribution >= 4 is 11.9 Å². The van der Waals surface area contributed by atoms with Crippen LogP contribution in [0.15, 0.2) is 0 Å². The molecule has 0 saturated heterocycles. The van der Waals surface area contributed by atoms with Crippen LogP contribution < -0.4 is 10.6 Å². The molecule has 0 heterocycles. The van der Waals surface area contributed by atoms with E-state index in [9.17, 15) is 14.7 Å². The monoisotopic (exact) mass is 246 g/mol. The van der Waals surface area contributed by atoms with Crippen LogP contribution in [0.4, 0.5) is 0 Å². The SMILES string of the molecule is CCCC(O)CNCC(NC(C)=O)C(=O)OC. The van der Waals surface area contributed by atoms with Crippen LogP contribution in [0.2, 0.25) is 0 Å². The highest BCUT2D eigenvalue weighted by atomic mass is 16.5. The van der Waals surface area contributed by atoms with E-state index >= 15 is 0 Å². The van der Waals surface area contributed by atoms with Crippen LogP contribution in [-0.2, 0) is 14.3 Å². The lowest BCUT2D eigenvalue weighted by atomic mass is 10.2. The molecule has 0 aliphatic rings. The Bertz CT molecular complexity index is 246. The molecule has 2 unspecified atom stereocenters. The van der Waals surface area contributed by atoms with Crippen molar-refractivity contribution in [3.05, 3.63) is 0 Å². The van der Waals surface area contributed by atoms with E-state index in [1.807, 2.05) is 6.92 Å². The number of aliphatic hydroxyl groups is 1. The molecule has 0 aromatic carbocycles. The van der Waals surface area contributed by atoms with Gasteiger partial charge in [0.25, 0.3) is 0 Å². The fraction of sp³-hybridized carbons (Fsp3) is 0.818. The molecule has 0 aromatic rings. The minimum absolute atomic E-state index is 0.243. The van der Waals surface area contributed by atoms with E-state index in [4.69, 9.17) is 0 Å². The van der Waals surface area contributed by atoms with Crippen molar-refractivity contribution < 1.29 is 19.4 Å². The molecule has 0 rings (SSSR count). The molecule has 0 fully saturated rings. The molecule has 0 aromatic heterocycles. The van der Waals surface area contributed by atoms with Gasteiger partial charge < -0.3 is 20.5 Å². The smallest absolute Gasteiger partial charge is 0.329 e. The van der Waals surface area contributed by atoms with Gasteiger partial charge >= 0.3 is 5.97 Å². The maximum absolute atomic E-state index is 11.3. The first-order valence-corrected chi connectivity index (χ1v) is 5.75. The highest BCUT2D eigenvalue weighted by molar-refractivity contribution is 5.83. The normalized spacial score (nSPS) is 13.9. The Labute approximate surface area is 102 Å². The topological polar surface area (TPSA) is 87.7 Å². The molecule has 2 atom stereocenters. The lowest BCUT2D eigenvalue weighted by Crippen LogP contribution is -2.48. The summed E-state index contributed by atoms with van der Waals surface area (Å²) in [5.74, 6) is -0.797. The Morgan fingerprint density at radius 2 is 2.00 bits per heavy atom. The largest absolute Gasteiger partial charge is 0.467 e. The van der Waals surface area contributed by atoms with Crippen molar-refractivity contribution in [2.24, 2.45) is 0 Å². The number of ether oxygens (including phenoxy) is 1. The fourth-order valence-corrected chi connectivity index (χ4v) is 1.41. The standard InChI is InChI=1S/C11H22N2O4/c1-4-5-9(15)6-12-7-10(11(16)17-3)13-8(2)14/h9-10,12,15H,4-7H2,1-3H3,(H,13,14). The number of methoxy groups -OCH3 is 1. The second-order valence-electron chi connectivity index (χ2n) is 3.88. The predicted molar refractivity (Wildman–Crippen MR) is 63.4 cm³/mol. The second kappa shape index (κ2) is 8.95. The van der Waals surface area contributed by atoms with Gasteiger partial charge in [0.1, 0.15) is 6.04 Å². The predicted octanol–water partition coefficient (Wildman–Crippen LogP) is -0.585. The molecule has 6 heteroatoms. The molecule has 3 N–H and O–H groups in total. The van der Waals surface area contributed by atoms with Crippen LogP contribution >= 0.6 is 0 Å². The van der Waals surface area contributed by atoms with Gasteiger partial charge in [0, 0.05) is 20.0 Å². The third kappa shape index (κ3) is 7.70. The third-order valence-corrected chi connectivity index (χ3v) is 2.21. The number of aliphatic hydroxyl groups excluding tert-OH is 1. The van der Waals surface area contributed by atoms with Crippen LogP contribution in [0.25, 0.3) is 0 Å². The number of hydrogen-bond donors (Lipinski definition) is 3. The average molecular weight is 246 g/mol. The van der Waals surface area contributed by atoms with Crippen LogP contribution in [0, 0.1) is 0 Å². The van der Waals surface area contributed by atoms with Crippen LogP contribution in [0.1, 0.15) is 26.7 Å². The van der Waals surface area contributed by atoms with E-state index in [2.05, 4.69) is 15.4 Å². The molecule has 6 nitrogen and oxygen atoms in total. The van der Waals surface area contributed by atoms with Crippen LogP contribution in [0.5, 0.6) is 0 Å². The molecule has 0 saturated carbocycles. The summed E-state index contributed by atoms with van der Waals surface area (Å²) in [5.41, 5.74) is 0. The van der Waals surface area contributed by atoms with Crippen molar-refractivity contribution in [3.8, 4) is 0 Å². The number of carbonyl (C=O) groups excluding carboxylic acids is 2. The number of esters is 1. The number of hydrogen-bond acceptors (Lipinski definition) is 5. The van der Waals surface area contributed by atoms with Crippen molar-refractivity contribution in [2.75, 3.05) is 20.2 Å². The van der Waals surface area contributed by atoms with Gasteiger partial charge in [-0.3, -0.25) is 4.79 Å². The minimum atomic E-state index is -0.716. The minimum Gasteiger partial charge on any atom is -0.467 e. The van der Waals surface area contributed by atoms with E-state index in [0.717, 1.165) is 6.42 Å². The summed E-state index contributed by atoms with van der Waals surface area (Å²) in [6, 6.07) is -0.716. The van der Waals surface area contributed by atoms with Crippen LogP contribution in [-0.4, -0.2) is 49.3 Å². The van der Waals surface area contributed by atoms with E-state index in [1.165, 1.54) is 14.0 Å². The quantitative estimate of drug-likeness (QED) is 0.498. The van der Waals surface area contributed by atoms with Gasteiger partial charge in [-0.05, 0) is 6.42 Å². The molecule has 17 heavy (non-hydrogen) atoms. The zero-order chi connectivity index (χ0) is 13.3. The van der Waals surface area contributed by atoms with Crippen molar-refractivity contribution in [3.63, 3.8) is 0 Å². The number of nitrogens with one attached hydrogen (secondary N) is 2. The zero-order valence-corrected chi connectivity index (χ0v) is 10.7. The highest BCUT2D eigenvalue weighted by Crippen LogP contribution is 1.94. The molecule has 0 bridgehead atoms. The van der Waals surface area contributed by atoms with Gasteiger partial charge in [-0.25, -0.2) is 4.79 Å². The third-order valence-electron chi connectivity index (χ3n) is 2.21. The van der Waals surface area contributed by atoms with Crippen molar-refractivity contribution in [1.82, 2.24) is 10.6 Å². The molecular formula is C11H22N2O4. The Morgan fingerprint density at radius 3 is 2.47 bits per heavy atom. The summed E-state index contributed by atoms with van der Waals surface area (Å²) >= 11 is 0. The number of rotatable bonds is 8. The second-order valence-corrected chi connectivity index (χ2v) is 3.88. The summed E-state index contributed by atoms with van der Waals surface area (Å²) in [5, 5.41) is 14.9. The molecule has 0 spiro atoms. The molecule has 0 aliphatic carbocycles. The number of carbonyl (C=O) groups is 2. The summed E-state index contributed by atoms with van der Waals surface area (Å²) < 4.78 is 4.56. The van der Waals surface area contributed by atoms with Gasteiger partial charge in [-0.2, -0.15) is 0 Å². The summed E-state index contributed by atoms with van der Waals surface area (Å²) in [6.07, 6.45) is 1.17. The molecule has 0 radical (unpaired) electrons. The maximum Gasteiger partial charge on any atom is 0.329 e. The lowest BCUT2D eigenvalue weighted by Gasteiger charge is -2.17. The zero-order valence-electron chi connectivity index (χ0n) is 10.7. The lowest BCUT2D eigenvalue weighted by molar-refractivity contribution is -0.144. The van der Waals surface area contributed by atoms with Gasteiger partial charge in [0.05, 0.1) is 13.2 Å². The molecular weight excluding hydrogens is 224 g/mol. The first-order chi connectivity index (χ1) is 8.01. The Kier molecular flexibility index (Phi) is 8.35. The van der Waals surface area contributed by atoms with Crippen molar-refractivity contribution in [1.29, 1.82) is 0 Å². The number of amides is 1. The summed E-state index contributed by atoms with van der Waals surface area (Å²) in [7, 11) is 1.27. The van der Waals surface area contributed by atoms with Gasteiger partial charge in [-0.15, -0.1) is 0 Å². The van der Waals surface area contributed by atoms with E-state index in [-0.39, 0.29) is 12.5 Å². The van der Waals surface area contributed by atoms with Gasteiger partial charge in [0.15, 0.2) is 0 Å². The maximum atomic E-state index is 11.3. The Hall–Kier alpha value is -1.14. The molecule has 0 aliphatic heterocycles. The van der Waals surface area contributed by atoms with Crippen molar-refractivity contribution in [2.45, 2.75) is 38.8 Å². The first-order valence-electron chi connectivity index (χ1n) is 5.75. The Balaban J connectivity index is 3.99. The van der Waals surface area contributed by atoms with E-state index in [0.29, 0.717) is 13.0 Å². The average Bonchev–Trinajstić information content (AvgIpc) is 2.26. The van der Waals surface area contributed by atoms with Gasteiger partial charge in [-0.1, -0.05) is 13.3 Å². The fourth-order valence-electron chi connectivity index (χ4n) is 1.41. The summed E-state index contributed by atoms with van der Waals surface area (Å²) in [6.45, 7) is 3.95. The highest BCUT2D eigenvalue weighted by Gasteiger charge is 2.19. The van der Waals surface area contributed by atoms with E-state index in [1.54, 1.807) is 0 Å².